The number of benzene rings is 1. The number of nitrogens with zero attached hydrogens (tertiary/aromatic N) is 3. The maximum absolute atomic E-state index is 12.1. The Morgan fingerprint density at radius 3 is 2.90 bits per heavy atom. The maximum Gasteiger partial charge on any atom is 0.253 e. The highest BCUT2D eigenvalue weighted by molar-refractivity contribution is 6.31. The molecule has 20 heavy (non-hydrogen) atoms. The molecule has 1 aromatic carbocycles. The maximum atomic E-state index is 12.1. The molecule has 2 rings (SSSR count). The Kier molecular flexibility index (Phi) is 4.57. The second-order valence-corrected chi connectivity index (χ2v) is 4.74. The Morgan fingerprint density at radius 2 is 2.25 bits per heavy atom. The van der Waals surface area contributed by atoms with Gasteiger partial charge in [-0.05, 0) is 18.2 Å². The Bertz CT molecular complexity index is 611. The summed E-state index contributed by atoms with van der Waals surface area (Å²) in [7, 11) is 3.63. The van der Waals surface area contributed by atoms with E-state index in [0.29, 0.717) is 23.6 Å². The minimum absolute atomic E-state index is 0.168. The van der Waals surface area contributed by atoms with Gasteiger partial charge in [0.05, 0.1) is 5.56 Å². The summed E-state index contributed by atoms with van der Waals surface area (Å²) in [5, 5.41) is 14.1. The lowest BCUT2D eigenvalue weighted by Crippen LogP contribution is -2.27. The number of carbonyl (C=O) groups excluding carboxylic acids is 1. The third kappa shape index (κ3) is 3.27. The van der Waals surface area contributed by atoms with Crippen LogP contribution in [0.2, 0.25) is 5.02 Å². The highest BCUT2D eigenvalue weighted by Gasteiger charge is 2.11. The summed E-state index contributed by atoms with van der Waals surface area (Å²) in [6, 6.07) is 5.16. The molecule has 1 heterocycles. The lowest BCUT2D eigenvalue weighted by atomic mass is 10.1. The molecule has 0 spiro atoms. The highest BCUT2D eigenvalue weighted by Crippen LogP contribution is 2.20. The molecule has 7 heteroatoms. The van der Waals surface area contributed by atoms with Gasteiger partial charge < -0.3 is 15.2 Å². The van der Waals surface area contributed by atoms with Gasteiger partial charge >= 0.3 is 0 Å². The average molecular weight is 294 g/mol. The first-order valence-electron chi connectivity index (χ1n) is 6.20. The molecule has 1 amide bonds. The molecular weight excluding hydrogens is 278 g/mol. The van der Waals surface area contributed by atoms with E-state index in [0.717, 1.165) is 11.5 Å². The van der Waals surface area contributed by atoms with Crippen LogP contribution in [0.15, 0.2) is 24.5 Å². The van der Waals surface area contributed by atoms with Gasteiger partial charge in [0.25, 0.3) is 5.91 Å². The number of hydrogen-bond acceptors (Lipinski definition) is 4. The fourth-order valence-corrected chi connectivity index (χ4v) is 2.01. The Hall–Kier alpha value is -2.08. The number of halogens is 1. The zero-order valence-electron chi connectivity index (χ0n) is 11.4. The summed E-state index contributed by atoms with van der Waals surface area (Å²) in [5.74, 6) is 0.657. The van der Waals surface area contributed by atoms with Crippen LogP contribution in [0, 0.1) is 0 Å². The molecule has 0 aliphatic carbocycles. The molecule has 2 N–H and O–H groups in total. The van der Waals surface area contributed by atoms with E-state index in [-0.39, 0.29) is 5.91 Å². The number of amides is 1. The van der Waals surface area contributed by atoms with Crippen LogP contribution in [0.5, 0.6) is 0 Å². The third-order valence-corrected chi connectivity index (χ3v) is 3.17. The van der Waals surface area contributed by atoms with Crippen molar-refractivity contribution in [3.63, 3.8) is 0 Å². The van der Waals surface area contributed by atoms with Gasteiger partial charge in [0.15, 0.2) is 0 Å². The van der Waals surface area contributed by atoms with Crippen molar-refractivity contribution < 1.29 is 4.79 Å². The quantitative estimate of drug-likeness (QED) is 0.876. The smallest absolute Gasteiger partial charge is 0.253 e. The second-order valence-electron chi connectivity index (χ2n) is 4.30. The standard InChI is InChI=1S/C13H16ClN5O/c1-15-11-4-3-9(14)7-10(11)13(20)16-6-5-12-18-17-8-19(12)2/h3-4,7-8,15H,5-6H2,1-2H3,(H,16,20). The van der Waals surface area contributed by atoms with Gasteiger partial charge in [-0.25, -0.2) is 0 Å². The molecule has 106 valence electrons. The van der Waals surface area contributed by atoms with Crippen molar-refractivity contribution in [2.45, 2.75) is 6.42 Å². The summed E-state index contributed by atoms with van der Waals surface area (Å²) >= 11 is 5.92. The van der Waals surface area contributed by atoms with Gasteiger partial charge in [-0.1, -0.05) is 11.6 Å². The zero-order chi connectivity index (χ0) is 14.5. The van der Waals surface area contributed by atoms with Crippen LogP contribution in [0.4, 0.5) is 5.69 Å². The lowest BCUT2D eigenvalue weighted by molar-refractivity contribution is 0.0954. The van der Waals surface area contributed by atoms with Crippen LogP contribution in [0.1, 0.15) is 16.2 Å². The number of nitrogens with one attached hydrogen (secondary N) is 2. The number of carbonyl (C=O) groups is 1. The fourth-order valence-electron chi connectivity index (χ4n) is 1.84. The predicted octanol–water partition coefficient (Wildman–Crippen LogP) is 1.48. The van der Waals surface area contributed by atoms with Gasteiger partial charge in [-0.2, -0.15) is 0 Å². The van der Waals surface area contributed by atoms with Gasteiger partial charge in [-0.15, -0.1) is 10.2 Å². The van der Waals surface area contributed by atoms with Crippen LogP contribution < -0.4 is 10.6 Å². The van der Waals surface area contributed by atoms with E-state index < -0.39 is 0 Å². The van der Waals surface area contributed by atoms with Gasteiger partial charge in [0.2, 0.25) is 0 Å². The SMILES string of the molecule is CNc1ccc(Cl)cc1C(=O)NCCc1nncn1C. The van der Waals surface area contributed by atoms with Crippen molar-refractivity contribution in [1.82, 2.24) is 20.1 Å². The molecule has 0 aliphatic rings. The Balaban J connectivity index is 1.98. The first kappa shape index (κ1) is 14.3. The van der Waals surface area contributed by atoms with E-state index in [4.69, 9.17) is 11.6 Å². The second kappa shape index (κ2) is 6.38. The minimum atomic E-state index is -0.168. The van der Waals surface area contributed by atoms with Gasteiger partial charge in [0, 0.05) is 37.8 Å². The van der Waals surface area contributed by atoms with Crippen molar-refractivity contribution in [3.8, 4) is 0 Å². The summed E-state index contributed by atoms with van der Waals surface area (Å²) in [6.07, 6.45) is 2.25. The van der Waals surface area contributed by atoms with E-state index in [9.17, 15) is 4.79 Å². The number of aromatic nitrogens is 3. The molecule has 0 saturated heterocycles. The molecule has 6 nitrogen and oxygen atoms in total. The highest BCUT2D eigenvalue weighted by atomic mass is 35.5. The number of anilines is 1. The summed E-state index contributed by atoms with van der Waals surface area (Å²) in [4.78, 5) is 12.1. The molecule has 0 aliphatic heterocycles. The van der Waals surface area contributed by atoms with Crippen LogP contribution >= 0.6 is 11.6 Å². The van der Waals surface area contributed by atoms with Crippen molar-refractivity contribution in [2.24, 2.45) is 7.05 Å². The van der Waals surface area contributed by atoms with Crippen molar-refractivity contribution in [1.29, 1.82) is 0 Å². The average Bonchev–Trinajstić information content (AvgIpc) is 2.84. The molecule has 0 radical (unpaired) electrons. The molecule has 1 aromatic heterocycles. The Labute approximate surface area is 122 Å². The summed E-state index contributed by atoms with van der Waals surface area (Å²) in [6.45, 7) is 0.487. The Morgan fingerprint density at radius 1 is 1.45 bits per heavy atom. The first-order chi connectivity index (χ1) is 9.61. The molecule has 0 atom stereocenters. The lowest BCUT2D eigenvalue weighted by Gasteiger charge is -2.10. The van der Waals surface area contributed by atoms with E-state index in [2.05, 4.69) is 20.8 Å². The fraction of sp³-hybridized carbons (Fsp3) is 0.308. The number of aryl methyl sites for hydroxylation is 1. The normalized spacial score (nSPS) is 10.3. The third-order valence-electron chi connectivity index (χ3n) is 2.93. The van der Waals surface area contributed by atoms with Crippen LogP contribution in [0.25, 0.3) is 0 Å². The molecular formula is C13H16ClN5O. The zero-order valence-corrected chi connectivity index (χ0v) is 12.1. The van der Waals surface area contributed by atoms with Crippen molar-refractivity contribution in [2.75, 3.05) is 18.9 Å². The van der Waals surface area contributed by atoms with Crippen LogP contribution in [0.3, 0.4) is 0 Å². The molecule has 0 unspecified atom stereocenters. The van der Waals surface area contributed by atoms with E-state index in [1.165, 1.54) is 0 Å². The summed E-state index contributed by atoms with van der Waals surface area (Å²) < 4.78 is 1.82. The predicted molar refractivity (Wildman–Crippen MR) is 78.0 cm³/mol. The molecule has 0 saturated carbocycles. The van der Waals surface area contributed by atoms with E-state index in [1.54, 1.807) is 31.6 Å². The van der Waals surface area contributed by atoms with Crippen molar-refractivity contribution >= 4 is 23.2 Å². The molecule has 0 bridgehead atoms. The van der Waals surface area contributed by atoms with E-state index in [1.807, 2.05) is 11.6 Å². The summed E-state index contributed by atoms with van der Waals surface area (Å²) in [5.41, 5.74) is 1.27. The van der Waals surface area contributed by atoms with Crippen LogP contribution in [-0.4, -0.2) is 34.3 Å². The first-order valence-corrected chi connectivity index (χ1v) is 6.58. The van der Waals surface area contributed by atoms with E-state index >= 15 is 0 Å². The van der Waals surface area contributed by atoms with Crippen molar-refractivity contribution in [3.05, 3.63) is 40.9 Å². The number of hydrogen-bond donors (Lipinski definition) is 2. The number of rotatable bonds is 5. The minimum Gasteiger partial charge on any atom is -0.387 e. The van der Waals surface area contributed by atoms with Crippen LogP contribution in [-0.2, 0) is 13.5 Å². The molecule has 2 aromatic rings. The van der Waals surface area contributed by atoms with Gasteiger partial charge in [-0.3, -0.25) is 4.79 Å². The molecule has 0 fully saturated rings. The largest absolute Gasteiger partial charge is 0.387 e. The topological polar surface area (TPSA) is 71.8 Å². The monoisotopic (exact) mass is 293 g/mol. The van der Waals surface area contributed by atoms with Gasteiger partial charge in [0.1, 0.15) is 12.2 Å².